The van der Waals surface area contributed by atoms with Crippen molar-refractivity contribution in [2.45, 2.75) is 11.3 Å². The van der Waals surface area contributed by atoms with Crippen LogP contribution in [0.15, 0.2) is 71.8 Å². The van der Waals surface area contributed by atoms with Gasteiger partial charge in [-0.1, -0.05) is 36.4 Å². The van der Waals surface area contributed by atoms with Crippen LogP contribution in [-0.4, -0.2) is 43.2 Å². The van der Waals surface area contributed by atoms with Crippen molar-refractivity contribution in [2.24, 2.45) is 5.14 Å². The third-order valence-corrected chi connectivity index (χ3v) is 5.31. The highest BCUT2D eigenvalue weighted by atomic mass is 32.2. The van der Waals surface area contributed by atoms with Crippen LogP contribution in [0, 0.1) is 0 Å². The highest BCUT2D eigenvalue weighted by molar-refractivity contribution is 7.89. The van der Waals surface area contributed by atoms with Gasteiger partial charge in [0.1, 0.15) is 0 Å². The molecule has 0 saturated carbocycles. The summed E-state index contributed by atoms with van der Waals surface area (Å²) in [5, 5.41) is 20.2. The molecule has 162 valence electrons. The molecule has 0 unspecified atom stereocenters. The van der Waals surface area contributed by atoms with E-state index in [1.54, 1.807) is 18.3 Å². The summed E-state index contributed by atoms with van der Waals surface area (Å²) < 4.78 is 22.7. The minimum Gasteiger partial charge on any atom is -0.396 e. The van der Waals surface area contributed by atoms with Crippen molar-refractivity contribution in [3.05, 3.63) is 72.4 Å². The van der Waals surface area contributed by atoms with Gasteiger partial charge in [0.2, 0.25) is 16.0 Å². The number of hydrogen-bond acceptors (Lipinski definition) is 7. The van der Waals surface area contributed by atoms with E-state index < -0.39 is 10.0 Å². The van der Waals surface area contributed by atoms with Gasteiger partial charge in [-0.25, -0.2) is 23.5 Å². The second-order valence-electron chi connectivity index (χ2n) is 6.77. The zero-order valence-corrected chi connectivity index (χ0v) is 17.7. The van der Waals surface area contributed by atoms with E-state index in [1.165, 1.54) is 12.1 Å². The molecule has 9 heteroatoms. The smallest absolute Gasteiger partial charge is 0.238 e. The fourth-order valence-electron chi connectivity index (χ4n) is 2.79. The summed E-state index contributed by atoms with van der Waals surface area (Å²) in [5.74, 6) is 0.402. The lowest BCUT2D eigenvalue weighted by Gasteiger charge is -2.07. The van der Waals surface area contributed by atoms with E-state index in [0.717, 1.165) is 36.3 Å². The third kappa shape index (κ3) is 6.97. The number of anilines is 2. The van der Waals surface area contributed by atoms with Gasteiger partial charge in [-0.2, -0.15) is 0 Å². The average molecular weight is 440 g/mol. The maximum absolute atomic E-state index is 11.4. The van der Waals surface area contributed by atoms with Crippen LogP contribution in [0.2, 0.25) is 0 Å². The number of benzene rings is 2. The van der Waals surface area contributed by atoms with Gasteiger partial charge >= 0.3 is 0 Å². The molecule has 3 rings (SSSR count). The minimum atomic E-state index is -3.73. The molecule has 0 aliphatic rings. The Kier molecular flexibility index (Phi) is 7.85. The fraction of sp³-hybridized carbons (Fsp3) is 0.182. The Hall–Kier alpha value is -3.11. The van der Waals surface area contributed by atoms with E-state index in [1.807, 2.05) is 42.5 Å². The van der Waals surface area contributed by atoms with E-state index in [0.29, 0.717) is 11.6 Å². The Bertz CT molecular complexity index is 1110. The Balaban J connectivity index is 1.64. The van der Waals surface area contributed by atoms with Crippen LogP contribution in [0.25, 0.3) is 17.3 Å². The lowest BCUT2D eigenvalue weighted by molar-refractivity contribution is 0.287. The number of nitrogens with zero attached hydrogens (tertiary/aromatic N) is 2. The molecule has 0 aliphatic carbocycles. The van der Waals surface area contributed by atoms with E-state index >= 15 is 0 Å². The summed E-state index contributed by atoms with van der Waals surface area (Å²) in [5.41, 5.74) is 3.45. The summed E-state index contributed by atoms with van der Waals surface area (Å²) in [6.45, 7) is 1.74. The summed E-state index contributed by atoms with van der Waals surface area (Å²) in [6, 6.07) is 15.9. The van der Waals surface area contributed by atoms with Gasteiger partial charge in [0, 0.05) is 30.6 Å². The van der Waals surface area contributed by atoms with E-state index in [9.17, 15) is 8.42 Å². The first-order chi connectivity index (χ1) is 15.0. The standard InChI is InChI=1S/C22H25N5O3S/c23-31(29,30)20-10-8-19(9-11-20)26-22-25-15-12-21(27-22)18-6-4-17(5-7-18)3-1-13-24-14-2-16-28/h1,3-12,15,24,28H,2,13-14,16H2,(H2,23,29,30)(H,25,26,27)/b3-1+. The minimum absolute atomic E-state index is 0.0443. The first-order valence-corrected chi connectivity index (χ1v) is 11.3. The van der Waals surface area contributed by atoms with Gasteiger partial charge in [0.05, 0.1) is 10.6 Å². The van der Waals surface area contributed by atoms with Crippen LogP contribution in [0.4, 0.5) is 11.6 Å². The predicted octanol–water partition coefficient (Wildman–Crippen LogP) is 2.52. The van der Waals surface area contributed by atoms with Crippen molar-refractivity contribution in [1.29, 1.82) is 0 Å². The summed E-state index contributed by atoms with van der Waals surface area (Å²) >= 11 is 0. The van der Waals surface area contributed by atoms with Gasteiger partial charge in [-0.3, -0.25) is 0 Å². The summed E-state index contributed by atoms with van der Waals surface area (Å²) in [4.78, 5) is 8.79. The summed E-state index contributed by atoms with van der Waals surface area (Å²) in [6.07, 6.45) is 6.49. The highest BCUT2D eigenvalue weighted by Crippen LogP contribution is 2.21. The van der Waals surface area contributed by atoms with Crippen molar-refractivity contribution in [1.82, 2.24) is 15.3 Å². The molecule has 2 aromatic carbocycles. The molecular weight excluding hydrogens is 414 g/mol. The predicted molar refractivity (Wildman–Crippen MR) is 122 cm³/mol. The molecule has 0 spiro atoms. The van der Waals surface area contributed by atoms with Gasteiger partial charge in [0.15, 0.2) is 0 Å². The Morgan fingerprint density at radius 1 is 1.03 bits per heavy atom. The number of rotatable bonds is 10. The number of sulfonamides is 1. The maximum Gasteiger partial charge on any atom is 0.238 e. The number of hydrogen-bond donors (Lipinski definition) is 4. The van der Waals surface area contributed by atoms with Crippen molar-refractivity contribution < 1.29 is 13.5 Å². The maximum atomic E-state index is 11.4. The molecule has 1 heterocycles. The molecule has 0 amide bonds. The molecule has 3 aromatic rings. The van der Waals surface area contributed by atoms with Crippen molar-refractivity contribution in [3.8, 4) is 11.3 Å². The normalized spacial score (nSPS) is 11.7. The van der Waals surface area contributed by atoms with Crippen molar-refractivity contribution in [2.75, 3.05) is 25.0 Å². The van der Waals surface area contributed by atoms with Gasteiger partial charge in [0.25, 0.3) is 0 Å². The largest absolute Gasteiger partial charge is 0.396 e. The second-order valence-corrected chi connectivity index (χ2v) is 8.33. The number of primary sulfonamides is 1. The first kappa shape index (κ1) is 22.6. The van der Waals surface area contributed by atoms with Crippen molar-refractivity contribution in [3.63, 3.8) is 0 Å². The molecule has 0 bridgehead atoms. The lowest BCUT2D eigenvalue weighted by Crippen LogP contribution is -2.15. The lowest BCUT2D eigenvalue weighted by atomic mass is 10.1. The quantitative estimate of drug-likeness (QED) is 0.357. The van der Waals surface area contributed by atoms with E-state index in [4.69, 9.17) is 10.2 Å². The monoisotopic (exact) mass is 439 g/mol. The van der Waals surface area contributed by atoms with Crippen LogP contribution in [0.1, 0.15) is 12.0 Å². The molecule has 0 aliphatic heterocycles. The van der Waals surface area contributed by atoms with Crippen LogP contribution in [0.3, 0.4) is 0 Å². The molecule has 0 atom stereocenters. The number of aromatic nitrogens is 2. The molecule has 0 radical (unpaired) electrons. The molecule has 0 fully saturated rings. The Labute approximate surface area is 181 Å². The zero-order valence-electron chi connectivity index (χ0n) is 16.9. The number of nitrogens with one attached hydrogen (secondary N) is 2. The highest BCUT2D eigenvalue weighted by Gasteiger charge is 2.08. The zero-order chi connectivity index (χ0) is 22.1. The summed E-state index contributed by atoms with van der Waals surface area (Å²) in [7, 11) is -3.73. The second kappa shape index (κ2) is 10.8. The number of nitrogens with two attached hydrogens (primary N) is 1. The van der Waals surface area contributed by atoms with Crippen LogP contribution >= 0.6 is 0 Å². The Morgan fingerprint density at radius 2 is 1.77 bits per heavy atom. The molecule has 31 heavy (non-hydrogen) atoms. The van der Waals surface area contributed by atoms with Crippen molar-refractivity contribution >= 4 is 27.7 Å². The Morgan fingerprint density at radius 3 is 2.45 bits per heavy atom. The van der Waals surface area contributed by atoms with E-state index in [-0.39, 0.29) is 11.5 Å². The SMILES string of the molecule is NS(=O)(=O)c1ccc(Nc2nccc(-c3ccc(/C=C/CNCCCO)cc3)n2)cc1. The van der Waals surface area contributed by atoms with Crippen LogP contribution < -0.4 is 15.8 Å². The van der Waals surface area contributed by atoms with Gasteiger partial charge in [-0.05, 0) is 48.9 Å². The molecule has 1 aromatic heterocycles. The number of aliphatic hydroxyl groups is 1. The number of aliphatic hydroxyl groups excluding tert-OH is 1. The molecule has 5 N–H and O–H groups in total. The third-order valence-electron chi connectivity index (χ3n) is 4.39. The van der Waals surface area contributed by atoms with Gasteiger partial charge < -0.3 is 15.7 Å². The van der Waals surface area contributed by atoms with Gasteiger partial charge in [-0.15, -0.1) is 0 Å². The topological polar surface area (TPSA) is 130 Å². The molecular formula is C22H25N5O3S. The first-order valence-electron chi connectivity index (χ1n) is 9.77. The molecule has 0 saturated heterocycles. The molecule has 8 nitrogen and oxygen atoms in total. The van der Waals surface area contributed by atoms with E-state index in [2.05, 4.69) is 20.6 Å². The fourth-order valence-corrected chi connectivity index (χ4v) is 3.30. The van der Waals surface area contributed by atoms with Crippen LogP contribution in [-0.2, 0) is 10.0 Å². The average Bonchev–Trinajstić information content (AvgIpc) is 2.76. The van der Waals surface area contributed by atoms with Crippen LogP contribution in [0.5, 0.6) is 0 Å².